The van der Waals surface area contributed by atoms with Crippen molar-refractivity contribution < 1.29 is 9.13 Å². The lowest BCUT2D eigenvalue weighted by Gasteiger charge is -2.20. The van der Waals surface area contributed by atoms with E-state index in [0.717, 1.165) is 11.1 Å². The van der Waals surface area contributed by atoms with E-state index in [9.17, 15) is 4.39 Å². The molecule has 4 nitrogen and oxygen atoms in total. The van der Waals surface area contributed by atoms with Crippen LogP contribution < -0.4 is 0 Å². The van der Waals surface area contributed by atoms with Crippen LogP contribution in [0, 0.1) is 11.5 Å². The molecule has 1 aromatic rings. The number of rotatable bonds is 5. The van der Waals surface area contributed by atoms with Gasteiger partial charge in [0.25, 0.3) is 0 Å². The Labute approximate surface area is 126 Å². The molecule has 0 aliphatic rings. The number of ether oxygens (including phenoxy) is 1. The van der Waals surface area contributed by atoms with E-state index in [2.05, 4.69) is 41.1 Å². The minimum Gasteiger partial charge on any atom is -0.376 e. The van der Waals surface area contributed by atoms with E-state index < -0.39 is 26.9 Å². The van der Waals surface area contributed by atoms with E-state index in [0.29, 0.717) is 0 Å². The van der Waals surface area contributed by atoms with Crippen molar-refractivity contribution >= 4 is 8.07 Å². The van der Waals surface area contributed by atoms with Gasteiger partial charge in [-0.1, -0.05) is 42.8 Å². The SMILES string of the molecule is CO[C@H](c1ccc(C#C[Si](C)(C)C)cc1)[C@@H](CF)N=[N+]=[N-]. The number of alkyl halides is 1. The Morgan fingerprint density at radius 2 is 1.95 bits per heavy atom. The normalized spacial score (nSPS) is 13.6. The van der Waals surface area contributed by atoms with Gasteiger partial charge in [0, 0.05) is 17.6 Å². The molecule has 0 N–H and O–H groups in total. The predicted octanol–water partition coefficient (Wildman–Crippen LogP) is 4.25. The Morgan fingerprint density at radius 3 is 2.38 bits per heavy atom. The molecule has 0 amide bonds. The lowest BCUT2D eigenvalue weighted by Crippen LogP contribution is -2.20. The number of halogens is 1. The van der Waals surface area contributed by atoms with Crippen molar-refractivity contribution in [3.05, 3.63) is 45.8 Å². The van der Waals surface area contributed by atoms with Gasteiger partial charge >= 0.3 is 0 Å². The third-order valence-electron chi connectivity index (χ3n) is 2.78. The number of hydrogen-bond donors (Lipinski definition) is 0. The minimum atomic E-state index is -1.41. The van der Waals surface area contributed by atoms with Gasteiger partial charge in [0.05, 0.1) is 12.1 Å². The molecule has 0 bridgehead atoms. The van der Waals surface area contributed by atoms with Crippen molar-refractivity contribution in [2.24, 2.45) is 5.11 Å². The molecule has 1 rings (SSSR count). The van der Waals surface area contributed by atoms with Crippen LogP contribution in [0.15, 0.2) is 29.4 Å². The highest BCUT2D eigenvalue weighted by molar-refractivity contribution is 6.83. The molecule has 0 unspecified atom stereocenters. The van der Waals surface area contributed by atoms with E-state index in [1.807, 2.05) is 24.3 Å². The maximum Gasteiger partial charge on any atom is 0.129 e. The predicted molar refractivity (Wildman–Crippen MR) is 85.3 cm³/mol. The number of nitrogens with zero attached hydrogens (tertiary/aromatic N) is 3. The van der Waals surface area contributed by atoms with E-state index in [-0.39, 0.29) is 0 Å². The van der Waals surface area contributed by atoms with Crippen LogP contribution in [0.1, 0.15) is 17.2 Å². The van der Waals surface area contributed by atoms with Crippen molar-refractivity contribution in [1.82, 2.24) is 0 Å². The van der Waals surface area contributed by atoms with E-state index in [1.54, 1.807) is 0 Å². The third kappa shape index (κ3) is 5.60. The highest BCUT2D eigenvalue weighted by Crippen LogP contribution is 2.24. The molecule has 0 fully saturated rings. The molecule has 1 aromatic carbocycles. The second-order valence-corrected chi connectivity index (χ2v) is 10.5. The van der Waals surface area contributed by atoms with Crippen LogP contribution in [-0.4, -0.2) is 27.9 Å². The van der Waals surface area contributed by atoms with Gasteiger partial charge in [-0.25, -0.2) is 0 Å². The zero-order valence-corrected chi connectivity index (χ0v) is 13.8. The van der Waals surface area contributed by atoms with Gasteiger partial charge in [0.2, 0.25) is 0 Å². The summed E-state index contributed by atoms with van der Waals surface area (Å²) in [6, 6.07) is 6.55. The fourth-order valence-electron chi connectivity index (χ4n) is 1.77. The molecule has 0 aliphatic heterocycles. The van der Waals surface area contributed by atoms with Crippen LogP contribution in [0.3, 0.4) is 0 Å². The molecule has 0 aliphatic carbocycles. The molecule has 2 atom stereocenters. The number of benzene rings is 1. The molecule has 0 spiro atoms. The van der Waals surface area contributed by atoms with Crippen LogP contribution >= 0.6 is 0 Å². The summed E-state index contributed by atoms with van der Waals surface area (Å²) in [5.41, 5.74) is 13.4. The lowest BCUT2D eigenvalue weighted by atomic mass is 10.0. The van der Waals surface area contributed by atoms with Crippen molar-refractivity contribution in [3.8, 4) is 11.5 Å². The molecular formula is C15H20FN3OSi. The van der Waals surface area contributed by atoms with Gasteiger partial charge in [0.15, 0.2) is 0 Å². The Hall–Kier alpha value is -1.80. The summed E-state index contributed by atoms with van der Waals surface area (Å²) < 4.78 is 18.2. The Balaban J connectivity index is 2.98. The smallest absolute Gasteiger partial charge is 0.129 e. The number of hydrogen-bond acceptors (Lipinski definition) is 2. The fourth-order valence-corrected chi connectivity index (χ4v) is 2.29. The second-order valence-electron chi connectivity index (χ2n) is 5.70. The largest absolute Gasteiger partial charge is 0.376 e. The van der Waals surface area contributed by atoms with E-state index in [4.69, 9.17) is 10.3 Å². The summed E-state index contributed by atoms with van der Waals surface area (Å²) >= 11 is 0. The maximum absolute atomic E-state index is 12.9. The summed E-state index contributed by atoms with van der Waals surface area (Å²) in [6.45, 7) is 5.78. The molecular weight excluding hydrogens is 285 g/mol. The molecule has 0 saturated carbocycles. The number of azide groups is 1. The summed E-state index contributed by atoms with van der Waals surface area (Å²) in [6.07, 6.45) is -0.593. The van der Waals surface area contributed by atoms with Gasteiger partial charge in [-0.2, -0.15) is 0 Å². The van der Waals surface area contributed by atoms with Gasteiger partial charge in [-0.15, -0.1) is 5.54 Å². The van der Waals surface area contributed by atoms with Gasteiger partial charge in [-0.3, -0.25) is 4.39 Å². The average molecular weight is 305 g/mol. The topological polar surface area (TPSA) is 58.0 Å². The van der Waals surface area contributed by atoms with Crippen LogP contribution in [0.25, 0.3) is 10.4 Å². The summed E-state index contributed by atoms with van der Waals surface area (Å²) in [4.78, 5) is 2.66. The van der Waals surface area contributed by atoms with Gasteiger partial charge in [0.1, 0.15) is 14.7 Å². The Kier molecular flexibility index (Phi) is 6.44. The molecule has 21 heavy (non-hydrogen) atoms. The first-order chi connectivity index (χ1) is 9.91. The second kappa shape index (κ2) is 7.84. The van der Waals surface area contributed by atoms with Crippen LogP contribution in [0.2, 0.25) is 19.6 Å². The Bertz CT molecular complexity index is 565. The standard InChI is InChI=1S/C15H20FN3OSi/c1-20-15(14(11-16)18-19-17)13-7-5-12(6-8-13)9-10-21(2,3)4/h5-8,14-15H,11H2,1-4H3/t14-,15-/m1/s1. The van der Waals surface area contributed by atoms with Crippen LogP contribution in [-0.2, 0) is 4.74 Å². The first-order valence-corrected chi connectivity index (χ1v) is 10.2. The molecule has 0 aromatic heterocycles. The first-order valence-electron chi connectivity index (χ1n) is 6.67. The maximum atomic E-state index is 12.9. The quantitative estimate of drug-likeness (QED) is 0.264. The molecule has 112 valence electrons. The third-order valence-corrected chi connectivity index (χ3v) is 3.66. The molecule has 0 saturated heterocycles. The first kappa shape index (κ1) is 17.2. The van der Waals surface area contributed by atoms with Crippen LogP contribution in [0.5, 0.6) is 0 Å². The van der Waals surface area contributed by atoms with Gasteiger partial charge in [-0.05, 0) is 23.2 Å². The molecule has 6 heteroatoms. The van der Waals surface area contributed by atoms with Crippen molar-refractivity contribution in [2.45, 2.75) is 31.8 Å². The summed E-state index contributed by atoms with van der Waals surface area (Å²) in [7, 11) is 0.0641. The van der Waals surface area contributed by atoms with Crippen molar-refractivity contribution in [3.63, 3.8) is 0 Å². The van der Waals surface area contributed by atoms with Crippen molar-refractivity contribution in [1.29, 1.82) is 0 Å². The number of methoxy groups -OCH3 is 1. The van der Waals surface area contributed by atoms with Crippen molar-refractivity contribution in [2.75, 3.05) is 13.8 Å². The summed E-state index contributed by atoms with van der Waals surface area (Å²) in [5, 5.41) is 3.44. The lowest BCUT2D eigenvalue weighted by molar-refractivity contribution is 0.0722. The summed E-state index contributed by atoms with van der Waals surface area (Å²) in [5.74, 6) is 3.15. The van der Waals surface area contributed by atoms with E-state index in [1.165, 1.54) is 7.11 Å². The fraction of sp³-hybridized carbons (Fsp3) is 0.467. The molecule has 0 radical (unpaired) electrons. The van der Waals surface area contributed by atoms with E-state index >= 15 is 0 Å². The highest BCUT2D eigenvalue weighted by atomic mass is 28.3. The van der Waals surface area contributed by atoms with Crippen LogP contribution in [0.4, 0.5) is 4.39 Å². The zero-order chi connectivity index (χ0) is 15.9. The highest BCUT2D eigenvalue weighted by Gasteiger charge is 2.21. The average Bonchev–Trinajstić information content (AvgIpc) is 2.45. The minimum absolute atomic E-state index is 0.593. The Morgan fingerprint density at radius 1 is 1.33 bits per heavy atom. The monoisotopic (exact) mass is 305 g/mol. The zero-order valence-electron chi connectivity index (χ0n) is 12.8. The van der Waals surface area contributed by atoms with Gasteiger partial charge < -0.3 is 4.74 Å². The molecule has 0 heterocycles.